The zero-order valence-corrected chi connectivity index (χ0v) is 4.09. The smallest absolute Gasteiger partial charge is 0.0885 e. The molecule has 32 valence electrons. The van der Waals surface area contributed by atoms with E-state index in [1.807, 2.05) is 6.92 Å². The second-order valence-electron chi connectivity index (χ2n) is 0.622. The van der Waals surface area contributed by atoms with Crippen molar-refractivity contribution in [3.05, 3.63) is 0 Å². The lowest BCUT2D eigenvalue weighted by molar-refractivity contribution is 0.375. The third kappa shape index (κ3) is 4.31. The first-order valence-electron chi connectivity index (χ1n) is 1.60. The minimum atomic E-state index is 0.260. The van der Waals surface area contributed by atoms with E-state index in [-0.39, 0.29) is 5.94 Å². The zero-order chi connectivity index (χ0) is 4.12. The molecule has 0 aromatic carbocycles. The van der Waals surface area contributed by atoms with E-state index in [0.29, 0.717) is 0 Å². The molecule has 0 aromatic rings. The normalized spacial score (nSPS) is 8.40. The van der Waals surface area contributed by atoms with Crippen molar-refractivity contribution in [2.75, 3.05) is 11.7 Å². The summed E-state index contributed by atoms with van der Waals surface area (Å²) in [5.41, 5.74) is 0. The van der Waals surface area contributed by atoms with Crippen molar-refractivity contribution >= 4 is 11.8 Å². The van der Waals surface area contributed by atoms with Crippen molar-refractivity contribution in [1.29, 1.82) is 0 Å². The van der Waals surface area contributed by atoms with Crippen molar-refractivity contribution < 1.29 is 5.11 Å². The predicted octanol–water partition coefficient (Wildman–Crippen LogP) is 0.689. The van der Waals surface area contributed by atoms with E-state index in [1.165, 1.54) is 11.8 Å². The first-order valence-corrected chi connectivity index (χ1v) is 2.76. The summed E-state index contributed by atoms with van der Waals surface area (Å²) in [6.07, 6.45) is 0. The summed E-state index contributed by atoms with van der Waals surface area (Å²) in [7, 11) is 0. The van der Waals surface area contributed by atoms with Crippen LogP contribution in [-0.4, -0.2) is 16.8 Å². The van der Waals surface area contributed by atoms with E-state index in [2.05, 4.69) is 0 Å². The van der Waals surface area contributed by atoms with Crippen molar-refractivity contribution in [2.45, 2.75) is 6.92 Å². The van der Waals surface area contributed by atoms with Crippen LogP contribution in [-0.2, 0) is 0 Å². The zero-order valence-electron chi connectivity index (χ0n) is 3.27. The van der Waals surface area contributed by atoms with Gasteiger partial charge in [0.1, 0.15) is 0 Å². The quantitative estimate of drug-likeness (QED) is 0.506. The molecular weight excluding hydrogens is 84.1 g/mol. The Morgan fingerprint density at radius 3 is 2.40 bits per heavy atom. The maximum atomic E-state index is 8.03. The fourth-order valence-electron chi connectivity index (χ4n) is 0.0913. The lowest BCUT2D eigenvalue weighted by Crippen LogP contribution is -1.69. The van der Waals surface area contributed by atoms with Crippen LogP contribution in [0.3, 0.4) is 0 Å². The van der Waals surface area contributed by atoms with Gasteiger partial charge >= 0.3 is 0 Å². The molecule has 0 amide bonds. The molecule has 0 atom stereocenters. The van der Waals surface area contributed by atoms with Gasteiger partial charge in [0.05, 0.1) is 5.94 Å². The van der Waals surface area contributed by atoms with Gasteiger partial charge < -0.3 is 5.11 Å². The fraction of sp³-hybridized carbons (Fsp3) is 1.00. The van der Waals surface area contributed by atoms with E-state index >= 15 is 0 Å². The summed E-state index contributed by atoms with van der Waals surface area (Å²) in [6, 6.07) is 0. The van der Waals surface area contributed by atoms with Gasteiger partial charge in [-0.1, -0.05) is 6.92 Å². The van der Waals surface area contributed by atoms with Gasteiger partial charge in [-0.15, -0.1) is 11.8 Å². The standard InChI is InChI=1S/C3H8OS/c1-2-5-3-4/h4H,2-3H2,1H3. The van der Waals surface area contributed by atoms with Gasteiger partial charge in [-0.2, -0.15) is 0 Å². The molecule has 0 radical (unpaired) electrons. The van der Waals surface area contributed by atoms with Crippen LogP contribution in [0.25, 0.3) is 0 Å². The van der Waals surface area contributed by atoms with Crippen LogP contribution >= 0.6 is 11.8 Å². The molecule has 0 saturated carbocycles. The van der Waals surface area contributed by atoms with Gasteiger partial charge in [0.25, 0.3) is 0 Å². The fourth-order valence-corrected chi connectivity index (χ4v) is 0.274. The molecule has 0 aliphatic heterocycles. The predicted molar refractivity (Wildman–Crippen MR) is 25.2 cm³/mol. The van der Waals surface area contributed by atoms with E-state index in [4.69, 9.17) is 5.11 Å². The lowest BCUT2D eigenvalue weighted by Gasteiger charge is -1.80. The number of aliphatic hydroxyl groups is 1. The van der Waals surface area contributed by atoms with Crippen molar-refractivity contribution in [3.8, 4) is 0 Å². The summed E-state index contributed by atoms with van der Waals surface area (Å²) < 4.78 is 0. The van der Waals surface area contributed by atoms with Crippen LogP contribution in [0.4, 0.5) is 0 Å². The van der Waals surface area contributed by atoms with Gasteiger partial charge in [0.15, 0.2) is 0 Å². The summed E-state index contributed by atoms with van der Waals surface area (Å²) >= 11 is 1.52. The SMILES string of the molecule is CCSCO. The molecule has 0 heterocycles. The third-order valence-electron chi connectivity index (χ3n) is 0.295. The molecule has 2 heteroatoms. The van der Waals surface area contributed by atoms with E-state index < -0.39 is 0 Å². The van der Waals surface area contributed by atoms with Crippen LogP contribution in [0.5, 0.6) is 0 Å². The number of rotatable bonds is 2. The van der Waals surface area contributed by atoms with Gasteiger partial charge in [0, 0.05) is 0 Å². The molecule has 0 bridgehead atoms. The number of hydrogen-bond donors (Lipinski definition) is 1. The van der Waals surface area contributed by atoms with E-state index in [1.54, 1.807) is 0 Å². The number of thioether (sulfide) groups is 1. The average molecular weight is 92.2 g/mol. The maximum Gasteiger partial charge on any atom is 0.0885 e. The molecule has 0 rings (SSSR count). The third-order valence-corrected chi connectivity index (χ3v) is 0.886. The van der Waals surface area contributed by atoms with Crippen molar-refractivity contribution in [3.63, 3.8) is 0 Å². The molecule has 1 nitrogen and oxygen atoms in total. The van der Waals surface area contributed by atoms with Crippen LogP contribution in [0.1, 0.15) is 6.92 Å². The summed E-state index contributed by atoms with van der Waals surface area (Å²) in [4.78, 5) is 0. The Labute approximate surface area is 36.4 Å². The van der Waals surface area contributed by atoms with Gasteiger partial charge in [0.2, 0.25) is 0 Å². The van der Waals surface area contributed by atoms with E-state index in [9.17, 15) is 0 Å². The summed E-state index contributed by atoms with van der Waals surface area (Å²) in [5.74, 6) is 1.27. The highest BCUT2D eigenvalue weighted by atomic mass is 32.2. The van der Waals surface area contributed by atoms with Gasteiger partial charge in [-0.05, 0) is 5.75 Å². The Morgan fingerprint density at radius 1 is 1.80 bits per heavy atom. The molecule has 0 unspecified atom stereocenters. The number of hydrogen-bond acceptors (Lipinski definition) is 2. The summed E-state index contributed by atoms with van der Waals surface area (Å²) in [5, 5.41) is 8.03. The minimum Gasteiger partial charge on any atom is -0.386 e. The van der Waals surface area contributed by atoms with Gasteiger partial charge in [-0.3, -0.25) is 0 Å². The van der Waals surface area contributed by atoms with Crippen molar-refractivity contribution in [1.82, 2.24) is 0 Å². The molecule has 0 fully saturated rings. The molecule has 0 spiro atoms. The molecule has 0 aromatic heterocycles. The second-order valence-corrected chi connectivity index (χ2v) is 1.87. The van der Waals surface area contributed by atoms with Crippen LogP contribution in [0, 0.1) is 0 Å². The Morgan fingerprint density at radius 2 is 2.40 bits per heavy atom. The molecular formula is C3H8OS. The Balaban J connectivity index is 2.19. The molecule has 0 aliphatic rings. The topological polar surface area (TPSA) is 20.2 Å². The minimum absolute atomic E-state index is 0.260. The Kier molecular flexibility index (Phi) is 4.58. The highest BCUT2D eigenvalue weighted by Crippen LogP contribution is 1.91. The molecule has 0 saturated heterocycles. The van der Waals surface area contributed by atoms with Crippen molar-refractivity contribution in [2.24, 2.45) is 0 Å². The van der Waals surface area contributed by atoms with Crippen LogP contribution < -0.4 is 0 Å². The molecule has 0 aliphatic carbocycles. The maximum absolute atomic E-state index is 8.03. The Bertz CT molecular complexity index is 14.4. The number of aliphatic hydroxyl groups excluding tert-OH is 1. The van der Waals surface area contributed by atoms with Crippen LogP contribution in [0.2, 0.25) is 0 Å². The van der Waals surface area contributed by atoms with Crippen LogP contribution in [0.15, 0.2) is 0 Å². The highest BCUT2D eigenvalue weighted by Gasteiger charge is 1.68. The summed E-state index contributed by atoms with van der Waals surface area (Å²) in [6.45, 7) is 2.01. The first-order chi connectivity index (χ1) is 2.41. The monoisotopic (exact) mass is 92.0 g/mol. The molecule has 1 N–H and O–H groups in total. The largest absolute Gasteiger partial charge is 0.386 e. The highest BCUT2D eigenvalue weighted by molar-refractivity contribution is 7.99. The van der Waals surface area contributed by atoms with E-state index in [0.717, 1.165) is 5.75 Å². The second kappa shape index (κ2) is 4.31. The lowest BCUT2D eigenvalue weighted by atomic mass is 11.0. The van der Waals surface area contributed by atoms with Gasteiger partial charge in [-0.25, -0.2) is 0 Å². The average Bonchev–Trinajstić information content (AvgIpc) is 1.41. The first kappa shape index (κ1) is 5.31. The molecule has 5 heavy (non-hydrogen) atoms. The Hall–Kier alpha value is 0.310.